The van der Waals surface area contributed by atoms with Crippen molar-refractivity contribution in [3.8, 4) is 5.75 Å². The Labute approximate surface area is 297 Å². The summed E-state index contributed by atoms with van der Waals surface area (Å²) in [7, 11) is 0. The number of hydrogen-bond donors (Lipinski definition) is 1. The van der Waals surface area contributed by atoms with Gasteiger partial charge in [0.15, 0.2) is 0 Å². The van der Waals surface area contributed by atoms with Crippen LogP contribution >= 0.6 is 27.7 Å². The molecule has 0 aliphatic carbocycles. The fraction of sp³-hybridized carbons (Fsp3) is 0.500. The molecule has 3 heterocycles. The van der Waals surface area contributed by atoms with Crippen molar-refractivity contribution in [1.82, 2.24) is 4.90 Å². The molecule has 2 aromatic rings. The summed E-state index contributed by atoms with van der Waals surface area (Å²) >= 11 is 5.51. The number of aliphatic hydroxyl groups excluding tert-OH is 1. The number of ether oxygens (including phenoxy) is 1. The van der Waals surface area contributed by atoms with E-state index in [-0.39, 0.29) is 53.4 Å². The molecule has 0 radical (unpaired) electrons. The average Bonchev–Trinajstić information content (AvgIpc) is 3.65. The summed E-state index contributed by atoms with van der Waals surface area (Å²) in [6.45, 7) is 18.6. The van der Waals surface area contributed by atoms with Crippen LogP contribution in [0.4, 0.5) is 11.4 Å². The number of carbonyl (C=O) groups is 3. The molecule has 3 saturated heterocycles. The molecule has 8 nitrogen and oxygen atoms in total. The largest absolute Gasteiger partial charge is 0.494 e. The normalized spacial score (nSPS) is 26.4. The summed E-state index contributed by atoms with van der Waals surface area (Å²) < 4.78 is 4.76. The van der Waals surface area contributed by atoms with Crippen molar-refractivity contribution in [2.45, 2.75) is 74.4 Å². The van der Waals surface area contributed by atoms with Crippen molar-refractivity contribution < 1.29 is 24.2 Å². The molecule has 3 aliphatic heterocycles. The summed E-state index contributed by atoms with van der Waals surface area (Å²) in [6, 6.07) is 11.9. The SMILES string of the molecule is C=CCN(C(=O)[C@H]1[C@H]2C(=O)N([C@@H](CO)CC(C)C)C(C(=O)N(CC=C)c3c(C)cccc3C)C23CC(Br)[C@@H]1S3)c1ccc(OCC)cc1. The van der Waals surface area contributed by atoms with Gasteiger partial charge in [-0.15, -0.1) is 24.9 Å². The lowest BCUT2D eigenvalue weighted by molar-refractivity contribution is -0.142. The summed E-state index contributed by atoms with van der Waals surface area (Å²) in [4.78, 5) is 50.0. The Bertz CT molecular complexity index is 1530. The van der Waals surface area contributed by atoms with Gasteiger partial charge in [0.1, 0.15) is 11.8 Å². The molecule has 5 rings (SSSR count). The minimum absolute atomic E-state index is 0.0904. The number of benzene rings is 2. The second-order valence-corrected chi connectivity index (χ2v) is 16.2. The molecule has 0 saturated carbocycles. The fourth-order valence-electron chi connectivity index (χ4n) is 8.16. The monoisotopic (exact) mass is 737 g/mol. The van der Waals surface area contributed by atoms with Crippen LogP contribution in [0.5, 0.6) is 5.75 Å². The third-order valence-corrected chi connectivity index (χ3v) is 13.1. The van der Waals surface area contributed by atoms with Gasteiger partial charge in [0.2, 0.25) is 11.8 Å². The number of carbonyl (C=O) groups excluding carboxylic acids is 3. The Morgan fingerprint density at radius 2 is 1.71 bits per heavy atom. The smallest absolute Gasteiger partial charge is 0.251 e. The molecule has 10 heteroatoms. The van der Waals surface area contributed by atoms with Crippen molar-refractivity contribution in [3.05, 3.63) is 78.9 Å². The number of likely N-dealkylation sites (tertiary alicyclic amines) is 1. The molecule has 2 bridgehead atoms. The standard InChI is InChI=1S/C38H48BrN3O5S/c1-8-18-40(26-14-16-28(17-15-26)47-10-3)35(44)30-31-36(45)42(27(22-43)20-23(4)5)34(38(31)21-29(39)33(30)48-38)37(46)41(19-9-2)32-24(6)12-11-13-25(32)7/h8-9,11-17,23,27,29-31,33-34,43H,1-2,10,18-22H2,3-7H3/t27-,29?,30+,31+,33+,34?,38?/m1/s1. The van der Waals surface area contributed by atoms with Gasteiger partial charge < -0.3 is 24.5 Å². The number of para-hydroxylation sites is 1. The van der Waals surface area contributed by atoms with Gasteiger partial charge in [-0.05, 0) is 74.9 Å². The zero-order valence-corrected chi connectivity index (χ0v) is 31.0. The van der Waals surface area contributed by atoms with Crippen LogP contribution in [0.1, 0.15) is 44.7 Å². The molecule has 0 aromatic heterocycles. The summed E-state index contributed by atoms with van der Waals surface area (Å²) in [5, 5.41) is 10.6. The molecule has 3 amide bonds. The van der Waals surface area contributed by atoms with E-state index in [4.69, 9.17) is 4.74 Å². The zero-order valence-electron chi connectivity index (χ0n) is 28.6. The van der Waals surface area contributed by atoms with E-state index in [1.807, 2.05) is 77.1 Å². The van der Waals surface area contributed by atoms with Crippen LogP contribution in [0.2, 0.25) is 0 Å². The topological polar surface area (TPSA) is 90.4 Å². The van der Waals surface area contributed by atoms with Gasteiger partial charge in [-0.3, -0.25) is 14.4 Å². The number of anilines is 2. The lowest BCUT2D eigenvalue weighted by Crippen LogP contribution is -2.58. The Kier molecular flexibility index (Phi) is 11.2. The summed E-state index contributed by atoms with van der Waals surface area (Å²) in [6.07, 6.45) is 4.47. The van der Waals surface area contributed by atoms with Gasteiger partial charge in [0.25, 0.3) is 5.91 Å². The highest BCUT2D eigenvalue weighted by molar-refractivity contribution is 9.09. The van der Waals surface area contributed by atoms with E-state index in [9.17, 15) is 14.7 Å². The Balaban J connectivity index is 1.63. The first-order chi connectivity index (χ1) is 22.9. The number of thioether (sulfide) groups is 1. The molecule has 1 spiro atoms. The molecular formula is C38H48BrN3O5S. The van der Waals surface area contributed by atoms with Gasteiger partial charge in [-0.25, -0.2) is 0 Å². The fourth-order valence-corrected chi connectivity index (χ4v) is 11.7. The predicted octanol–water partition coefficient (Wildman–Crippen LogP) is 6.31. The predicted molar refractivity (Wildman–Crippen MR) is 198 cm³/mol. The van der Waals surface area contributed by atoms with E-state index >= 15 is 4.79 Å². The van der Waals surface area contributed by atoms with Crippen molar-refractivity contribution in [1.29, 1.82) is 0 Å². The van der Waals surface area contributed by atoms with Gasteiger partial charge in [0.05, 0.1) is 35.8 Å². The number of alkyl halides is 1. The molecule has 48 heavy (non-hydrogen) atoms. The van der Waals surface area contributed by atoms with E-state index < -0.39 is 28.7 Å². The van der Waals surface area contributed by atoms with Crippen LogP contribution in [-0.4, -0.2) is 80.9 Å². The van der Waals surface area contributed by atoms with E-state index in [1.54, 1.807) is 38.6 Å². The van der Waals surface area contributed by atoms with Crippen molar-refractivity contribution in [3.63, 3.8) is 0 Å². The number of aliphatic hydroxyl groups is 1. The molecular weight excluding hydrogens is 690 g/mol. The first-order valence-corrected chi connectivity index (χ1v) is 18.6. The number of aryl methyl sites for hydroxylation is 2. The van der Waals surface area contributed by atoms with Crippen LogP contribution in [-0.2, 0) is 14.4 Å². The van der Waals surface area contributed by atoms with Crippen LogP contribution in [0.25, 0.3) is 0 Å². The van der Waals surface area contributed by atoms with Gasteiger partial charge in [0, 0.05) is 34.5 Å². The quantitative estimate of drug-likeness (QED) is 0.181. The molecule has 7 atom stereocenters. The van der Waals surface area contributed by atoms with E-state index in [1.165, 1.54) is 0 Å². The first kappa shape index (κ1) is 36.2. The lowest BCUT2D eigenvalue weighted by atomic mass is 9.70. The Morgan fingerprint density at radius 1 is 1.08 bits per heavy atom. The molecule has 3 fully saturated rings. The van der Waals surface area contributed by atoms with Gasteiger partial charge in [-0.2, -0.15) is 0 Å². The number of fused-ring (bicyclic) bond motifs is 1. The van der Waals surface area contributed by atoms with Crippen LogP contribution in [0.3, 0.4) is 0 Å². The maximum absolute atomic E-state index is 15.2. The highest BCUT2D eigenvalue weighted by Crippen LogP contribution is 2.68. The van der Waals surface area contributed by atoms with Crippen LogP contribution in [0, 0.1) is 31.6 Å². The van der Waals surface area contributed by atoms with Crippen molar-refractivity contribution in [2.24, 2.45) is 17.8 Å². The zero-order chi connectivity index (χ0) is 34.9. The first-order valence-electron chi connectivity index (χ1n) is 16.8. The highest BCUT2D eigenvalue weighted by Gasteiger charge is 2.76. The molecule has 2 aromatic carbocycles. The minimum Gasteiger partial charge on any atom is -0.494 e. The number of amides is 3. The molecule has 3 aliphatic rings. The van der Waals surface area contributed by atoms with Gasteiger partial charge >= 0.3 is 0 Å². The Morgan fingerprint density at radius 3 is 2.27 bits per heavy atom. The maximum atomic E-state index is 15.2. The second kappa shape index (κ2) is 14.8. The third-order valence-electron chi connectivity index (χ3n) is 9.92. The maximum Gasteiger partial charge on any atom is 0.251 e. The number of hydrogen-bond acceptors (Lipinski definition) is 6. The third kappa shape index (κ3) is 6.24. The highest BCUT2D eigenvalue weighted by atomic mass is 79.9. The van der Waals surface area contributed by atoms with E-state index in [0.717, 1.165) is 16.8 Å². The van der Waals surface area contributed by atoms with E-state index in [0.29, 0.717) is 30.9 Å². The lowest BCUT2D eigenvalue weighted by Gasteiger charge is -2.41. The number of halogens is 1. The number of nitrogens with zero attached hydrogens (tertiary/aromatic N) is 3. The summed E-state index contributed by atoms with van der Waals surface area (Å²) in [5.41, 5.74) is 3.38. The molecule has 258 valence electrons. The number of rotatable bonds is 14. The van der Waals surface area contributed by atoms with Crippen LogP contribution < -0.4 is 14.5 Å². The second-order valence-electron chi connectivity index (χ2n) is 13.5. The van der Waals surface area contributed by atoms with Crippen molar-refractivity contribution >= 4 is 56.8 Å². The van der Waals surface area contributed by atoms with Gasteiger partial charge in [-0.1, -0.05) is 60.1 Å². The van der Waals surface area contributed by atoms with Crippen molar-refractivity contribution in [2.75, 3.05) is 36.1 Å². The minimum atomic E-state index is -0.879. The van der Waals surface area contributed by atoms with E-state index in [2.05, 4.69) is 29.1 Å². The summed E-state index contributed by atoms with van der Waals surface area (Å²) in [5.74, 6) is -1.15. The molecule has 1 N–H and O–H groups in total. The Hall–Kier alpha value is -3.08. The molecule has 3 unspecified atom stereocenters. The average molecular weight is 739 g/mol. The van der Waals surface area contributed by atoms with Crippen LogP contribution in [0.15, 0.2) is 67.8 Å².